The van der Waals surface area contributed by atoms with Crippen molar-refractivity contribution in [1.29, 1.82) is 0 Å². The number of carbonyl (C=O) groups excluding carboxylic acids is 1. The van der Waals surface area contributed by atoms with Crippen molar-refractivity contribution in [3.63, 3.8) is 0 Å². The van der Waals surface area contributed by atoms with E-state index >= 15 is 0 Å². The number of nitro groups is 1. The van der Waals surface area contributed by atoms with E-state index in [0.29, 0.717) is 11.1 Å². The van der Waals surface area contributed by atoms with Crippen LogP contribution < -0.4 is 5.43 Å². The number of rotatable bonds is 9. The lowest BCUT2D eigenvalue weighted by Crippen LogP contribution is -2.43. The molecule has 0 aliphatic rings. The average molecular weight is 577 g/mol. The number of amides is 1. The normalized spacial score (nSPS) is 11.5. The molecule has 0 radical (unpaired) electrons. The van der Waals surface area contributed by atoms with Crippen molar-refractivity contribution in [1.82, 2.24) is 9.99 Å². The Bertz CT molecular complexity index is 1690. The third-order valence-corrected chi connectivity index (χ3v) is 7.95. The summed E-state index contributed by atoms with van der Waals surface area (Å²) >= 11 is 1.52. The molecule has 0 bridgehead atoms. The van der Waals surface area contributed by atoms with Crippen LogP contribution in [-0.2, 0) is 10.4 Å². The molecule has 9 heteroatoms. The van der Waals surface area contributed by atoms with E-state index in [9.17, 15) is 20.0 Å². The monoisotopic (exact) mass is 576 g/mol. The fourth-order valence-corrected chi connectivity index (χ4v) is 5.60. The van der Waals surface area contributed by atoms with Crippen molar-refractivity contribution in [3.8, 4) is 5.69 Å². The zero-order valence-corrected chi connectivity index (χ0v) is 23.8. The molecule has 4 aromatic carbocycles. The topological polar surface area (TPSA) is 110 Å². The van der Waals surface area contributed by atoms with Gasteiger partial charge in [-0.15, -0.1) is 0 Å². The first kappa shape index (κ1) is 28.5. The lowest BCUT2D eigenvalue weighted by molar-refractivity contribution is -0.384. The first-order valence-electron chi connectivity index (χ1n) is 13.2. The largest absolute Gasteiger partial charge is 0.372 e. The lowest BCUT2D eigenvalue weighted by Gasteiger charge is -2.27. The summed E-state index contributed by atoms with van der Waals surface area (Å²) in [7, 11) is 0. The molecule has 0 fully saturated rings. The van der Waals surface area contributed by atoms with Crippen LogP contribution in [0.15, 0.2) is 130 Å². The van der Waals surface area contributed by atoms with Crippen molar-refractivity contribution in [2.24, 2.45) is 5.10 Å². The summed E-state index contributed by atoms with van der Waals surface area (Å²) in [6.45, 7) is 3.96. The number of carbonyl (C=O) groups is 1. The van der Waals surface area contributed by atoms with E-state index in [1.54, 1.807) is 66.9 Å². The van der Waals surface area contributed by atoms with Gasteiger partial charge >= 0.3 is 0 Å². The number of hydrazone groups is 1. The quantitative estimate of drug-likeness (QED) is 0.118. The SMILES string of the molecule is Cc1cc(/C=N/NC(=O)C(O)(c2ccccc2)c2ccccc2)c(C)n1-c1ccc(Sc2ccc([N+](=O)[O-])cc2)cc1. The molecule has 42 heavy (non-hydrogen) atoms. The molecule has 8 nitrogen and oxygen atoms in total. The molecule has 0 aliphatic carbocycles. The molecule has 0 saturated heterocycles. The summed E-state index contributed by atoms with van der Waals surface area (Å²) in [6, 6.07) is 34.1. The summed E-state index contributed by atoms with van der Waals surface area (Å²) in [6.07, 6.45) is 1.58. The number of aromatic nitrogens is 1. The number of aryl methyl sites for hydroxylation is 1. The molecule has 0 atom stereocenters. The van der Waals surface area contributed by atoms with Crippen LogP contribution in [0.1, 0.15) is 28.1 Å². The van der Waals surface area contributed by atoms with Crippen molar-refractivity contribution in [2.45, 2.75) is 29.2 Å². The number of non-ortho nitro benzene ring substituents is 1. The van der Waals surface area contributed by atoms with E-state index in [1.165, 1.54) is 23.9 Å². The van der Waals surface area contributed by atoms with Crippen LogP contribution in [0.4, 0.5) is 5.69 Å². The summed E-state index contributed by atoms with van der Waals surface area (Å²) < 4.78 is 2.09. The molecule has 210 valence electrons. The van der Waals surface area contributed by atoms with Gasteiger partial charge in [-0.05, 0) is 67.4 Å². The highest BCUT2D eigenvalue weighted by molar-refractivity contribution is 7.99. The molecule has 0 unspecified atom stereocenters. The Hall–Kier alpha value is -4.99. The molecule has 1 heterocycles. The highest BCUT2D eigenvalue weighted by atomic mass is 32.2. The van der Waals surface area contributed by atoms with E-state index in [0.717, 1.165) is 32.4 Å². The number of nitrogens with one attached hydrogen (secondary N) is 1. The molecule has 5 rings (SSSR count). The Kier molecular flexibility index (Phi) is 8.33. The maximum Gasteiger partial charge on any atom is 0.281 e. The Morgan fingerprint density at radius 3 is 1.93 bits per heavy atom. The lowest BCUT2D eigenvalue weighted by atomic mass is 9.85. The first-order valence-corrected chi connectivity index (χ1v) is 14.0. The maximum absolute atomic E-state index is 13.3. The van der Waals surface area contributed by atoms with Gasteiger partial charge in [0.25, 0.3) is 11.6 Å². The number of hydrogen-bond donors (Lipinski definition) is 2. The Morgan fingerprint density at radius 1 is 0.881 bits per heavy atom. The Labute approximate surface area is 247 Å². The van der Waals surface area contributed by atoms with Crippen molar-refractivity contribution in [3.05, 3.63) is 153 Å². The second-order valence-electron chi connectivity index (χ2n) is 9.65. The molecule has 0 aliphatic heterocycles. The number of hydrogen-bond acceptors (Lipinski definition) is 6. The number of nitrogens with zero attached hydrogens (tertiary/aromatic N) is 3. The standard InChI is InChI=1S/C33H28N4O4S/c1-23-21-25(22-34-35-32(38)33(39,26-9-5-3-6-10-26)27-11-7-4-8-12-27)24(2)36(23)28-13-17-30(18-14-28)42-31-19-15-29(16-20-31)37(40)41/h3-22,39H,1-2H3,(H,35,38)/b34-22+. The van der Waals surface area contributed by atoms with Crippen LogP contribution in [0.5, 0.6) is 0 Å². The number of nitro benzene ring substituents is 1. The van der Waals surface area contributed by atoms with E-state index in [2.05, 4.69) is 15.1 Å². The van der Waals surface area contributed by atoms with Crippen molar-refractivity contribution < 1.29 is 14.8 Å². The zero-order chi connectivity index (χ0) is 29.7. The highest BCUT2D eigenvalue weighted by Gasteiger charge is 2.39. The van der Waals surface area contributed by atoms with E-state index in [-0.39, 0.29) is 5.69 Å². The molecule has 1 aromatic heterocycles. The van der Waals surface area contributed by atoms with Crippen LogP contribution in [0.2, 0.25) is 0 Å². The first-order chi connectivity index (χ1) is 20.3. The number of benzene rings is 4. The van der Waals surface area contributed by atoms with Gasteiger partial charge in [0, 0.05) is 44.6 Å². The third-order valence-electron chi connectivity index (χ3n) is 6.93. The minimum Gasteiger partial charge on any atom is -0.372 e. The van der Waals surface area contributed by atoms with Crippen molar-refractivity contribution in [2.75, 3.05) is 0 Å². The van der Waals surface area contributed by atoms with E-state index < -0.39 is 16.4 Å². The highest BCUT2D eigenvalue weighted by Crippen LogP contribution is 2.31. The van der Waals surface area contributed by atoms with Gasteiger partial charge in [0.1, 0.15) is 0 Å². The summed E-state index contributed by atoms with van der Waals surface area (Å²) in [4.78, 5) is 25.7. The van der Waals surface area contributed by atoms with Gasteiger partial charge in [-0.3, -0.25) is 14.9 Å². The minimum absolute atomic E-state index is 0.0650. The molecule has 2 N–H and O–H groups in total. The Morgan fingerprint density at radius 2 is 1.40 bits per heavy atom. The van der Waals surface area contributed by atoms with Gasteiger partial charge in [0.05, 0.1) is 11.1 Å². The predicted molar refractivity (Wildman–Crippen MR) is 164 cm³/mol. The van der Waals surface area contributed by atoms with Gasteiger partial charge in [0.15, 0.2) is 5.60 Å². The maximum atomic E-state index is 13.3. The van der Waals surface area contributed by atoms with Crippen LogP contribution in [0, 0.1) is 24.0 Å². The van der Waals surface area contributed by atoms with Gasteiger partial charge < -0.3 is 9.67 Å². The van der Waals surface area contributed by atoms with Crippen LogP contribution in [0.25, 0.3) is 5.69 Å². The summed E-state index contributed by atoms with van der Waals surface area (Å²) in [5.41, 5.74) is 5.27. The Balaban J connectivity index is 1.32. The van der Waals surface area contributed by atoms with Gasteiger partial charge in [-0.2, -0.15) is 5.10 Å². The molecule has 1 amide bonds. The zero-order valence-electron chi connectivity index (χ0n) is 23.0. The van der Waals surface area contributed by atoms with E-state index in [1.807, 2.05) is 56.3 Å². The second kappa shape index (κ2) is 12.3. The fraction of sp³-hybridized carbons (Fsp3) is 0.0909. The fourth-order valence-electron chi connectivity index (χ4n) is 4.78. The van der Waals surface area contributed by atoms with Crippen molar-refractivity contribution >= 4 is 29.6 Å². The van der Waals surface area contributed by atoms with E-state index in [4.69, 9.17) is 0 Å². The smallest absolute Gasteiger partial charge is 0.281 e. The molecule has 0 saturated carbocycles. The molecular weight excluding hydrogens is 548 g/mol. The molecular formula is C33H28N4O4S. The van der Waals surface area contributed by atoms with Gasteiger partial charge in [-0.25, -0.2) is 5.43 Å². The molecule has 5 aromatic rings. The average Bonchev–Trinajstić information content (AvgIpc) is 3.30. The van der Waals surface area contributed by atoms with Crippen LogP contribution in [-0.4, -0.2) is 26.7 Å². The van der Waals surface area contributed by atoms with Crippen LogP contribution in [0.3, 0.4) is 0 Å². The predicted octanol–water partition coefficient (Wildman–Crippen LogP) is 6.54. The second-order valence-corrected chi connectivity index (χ2v) is 10.8. The molecule has 0 spiro atoms. The summed E-state index contributed by atoms with van der Waals surface area (Å²) in [5.74, 6) is -0.661. The van der Waals surface area contributed by atoms with Crippen LogP contribution >= 0.6 is 11.8 Å². The third kappa shape index (κ3) is 5.88. The summed E-state index contributed by atoms with van der Waals surface area (Å²) in [5, 5.41) is 26.7. The van der Waals surface area contributed by atoms with Gasteiger partial charge in [-0.1, -0.05) is 72.4 Å². The van der Waals surface area contributed by atoms with Gasteiger partial charge in [0.2, 0.25) is 0 Å². The number of aliphatic hydroxyl groups is 1. The minimum atomic E-state index is -1.91.